The molecular formula is C21H22FN3O2. The lowest BCUT2D eigenvalue weighted by atomic mass is 10.1. The summed E-state index contributed by atoms with van der Waals surface area (Å²) in [6.07, 6.45) is 2.51. The van der Waals surface area contributed by atoms with E-state index < -0.39 is 0 Å². The van der Waals surface area contributed by atoms with Gasteiger partial charge in [0.05, 0.1) is 16.9 Å². The number of nitrogens with one attached hydrogen (secondary N) is 1. The SMILES string of the molecule is Cc1cccc(C(=O)N2CCCC2)c1NC(=O)N1CCc2c(F)cccc21. The molecule has 5 nitrogen and oxygen atoms in total. The quantitative estimate of drug-likeness (QED) is 0.873. The highest BCUT2D eigenvalue weighted by Gasteiger charge is 2.29. The van der Waals surface area contributed by atoms with Crippen molar-refractivity contribution in [3.05, 3.63) is 58.9 Å². The molecule has 0 aromatic heterocycles. The average molecular weight is 367 g/mol. The molecular weight excluding hydrogens is 345 g/mol. The number of anilines is 2. The number of urea groups is 1. The maximum Gasteiger partial charge on any atom is 0.326 e. The largest absolute Gasteiger partial charge is 0.339 e. The fraction of sp³-hybridized carbons (Fsp3) is 0.333. The Balaban J connectivity index is 1.61. The summed E-state index contributed by atoms with van der Waals surface area (Å²) in [5.41, 5.74) is 3.01. The number of carbonyl (C=O) groups excluding carboxylic acids is 2. The van der Waals surface area contributed by atoms with E-state index in [1.54, 1.807) is 18.2 Å². The smallest absolute Gasteiger partial charge is 0.326 e. The van der Waals surface area contributed by atoms with E-state index in [1.165, 1.54) is 11.0 Å². The second kappa shape index (κ2) is 7.02. The molecule has 2 aromatic rings. The molecule has 27 heavy (non-hydrogen) atoms. The fourth-order valence-corrected chi connectivity index (χ4v) is 3.88. The van der Waals surface area contributed by atoms with E-state index in [4.69, 9.17) is 0 Å². The van der Waals surface area contributed by atoms with Crippen molar-refractivity contribution in [1.29, 1.82) is 0 Å². The summed E-state index contributed by atoms with van der Waals surface area (Å²) < 4.78 is 14.0. The second-order valence-corrected chi connectivity index (χ2v) is 7.07. The van der Waals surface area contributed by atoms with Gasteiger partial charge in [-0.05, 0) is 49.9 Å². The van der Waals surface area contributed by atoms with Crippen LogP contribution in [0.25, 0.3) is 0 Å². The van der Waals surface area contributed by atoms with E-state index in [2.05, 4.69) is 5.32 Å². The van der Waals surface area contributed by atoms with Gasteiger partial charge in [0, 0.05) is 25.2 Å². The average Bonchev–Trinajstić information content (AvgIpc) is 3.33. The standard InChI is InChI=1S/C21H22FN3O2/c1-14-6-4-7-16(20(26)24-11-2-3-12-24)19(14)23-21(27)25-13-10-15-17(22)8-5-9-18(15)25/h4-9H,2-3,10-13H2,1H3,(H,23,27). The van der Waals surface area contributed by atoms with Crippen LogP contribution in [0.4, 0.5) is 20.6 Å². The number of carbonyl (C=O) groups is 2. The number of amides is 3. The lowest BCUT2D eigenvalue weighted by Gasteiger charge is -2.22. The van der Waals surface area contributed by atoms with Crippen LogP contribution in [-0.2, 0) is 6.42 Å². The monoisotopic (exact) mass is 367 g/mol. The molecule has 0 spiro atoms. The Bertz CT molecular complexity index is 906. The predicted octanol–water partition coefficient (Wildman–Crippen LogP) is 3.96. The lowest BCUT2D eigenvalue weighted by molar-refractivity contribution is 0.0794. The highest BCUT2D eigenvalue weighted by Crippen LogP contribution is 2.31. The first-order chi connectivity index (χ1) is 13.1. The number of aryl methyl sites for hydroxylation is 1. The topological polar surface area (TPSA) is 52.7 Å². The molecule has 2 aliphatic heterocycles. The number of para-hydroxylation sites is 1. The van der Waals surface area contributed by atoms with Crippen molar-refractivity contribution in [1.82, 2.24) is 4.90 Å². The molecule has 0 bridgehead atoms. The zero-order chi connectivity index (χ0) is 19.0. The summed E-state index contributed by atoms with van der Waals surface area (Å²) in [6, 6.07) is 9.87. The molecule has 0 unspecified atom stereocenters. The Kier molecular flexibility index (Phi) is 4.56. The summed E-state index contributed by atoms with van der Waals surface area (Å²) in [4.78, 5) is 29.1. The molecule has 0 radical (unpaired) electrons. The van der Waals surface area contributed by atoms with Crippen LogP contribution in [0.3, 0.4) is 0 Å². The second-order valence-electron chi connectivity index (χ2n) is 7.07. The summed E-state index contributed by atoms with van der Waals surface area (Å²) in [5.74, 6) is -0.344. The minimum absolute atomic E-state index is 0.0561. The third-order valence-electron chi connectivity index (χ3n) is 5.34. The van der Waals surface area contributed by atoms with E-state index in [0.717, 1.165) is 31.5 Å². The normalized spacial score (nSPS) is 15.8. The van der Waals surface area contributed by atoms with Gasteiger partial charge in [0.1, 0.15) is 5.82 Å². The molecule has 2 aliphatic rings. The Hall–Kier alpha value is -2.89. The first-order valence-electron chi connectivity index (χ1n) is 9.31. The Labute approximate surface area is 157 Å². The molecule has 1 fully saturated rings. The number of halogens is 1. The van der Waals surface area contributed by atoms with Crippen LogP contribution in [0.5, 0.6) is 0 Å². The van der Waals surface area contributed by atoms with Gasteiger partial charge >= 0.3 is 6.03 Å². The molecule has 1 N–H and O–H groups in total. The number of nitrogens with zero attached hydrogens (tertiary/aromatic N) is 2. The molecule has 2 heterocycles. The number of fused-ring (bicyclic) bond motifs is 1. The van der Waals surface area contributed by atoms with Gasteiger partial charge in [-0.2, -0.15) is 0 Å². The van der Waals surface area contributed by atoms with Crippen LogP contribution in [0, 0.1) is 12.7 Å². The zero-order valence-corrected chi connectivity index (χ0v) is 15.3. The van der Waals surface area contributed by atoms with Gasteiger partial charge in [0.2, 0.25) is 0 Å². The fourth-order valence-electron chi connectivity index (χ4n) is 3.88. The third-order valence-corrected chi connectivity index (χ3v) is 5.34. The van der Waals surface area contributed by atoms with E-state index in [9.17, 15) is 14.0 Å². The van der Waals surface area contributed by atoms with E-state index >= 15 is 0 Å². The molecule has 0 atom stereocenters. The summed E-state index contributed by atoms with van der Waals surface area (Å²) in [6.45, 7) is 3.79. The van der Waals surface area contributed by atoms with Gasteiger partial charge in [-0.25, -0.2) is 9.18 Å². The Morgan fingerprint density at radius 2 is 1.78 bits per heavy atom. The lowest BCUT2D eigenvalue weighted by Crippen LogP contribution is -2.35. The van der Waals surface area contributed by atoms with Crippen molar-refractivity contribution in [2.45, 2.75) is 26.2 Å². The minimum Gasteiger partial charge on any atom is -0.339 e. The highest BCUT2D eigenvalue weighted by atomic mass is 19.1. The van der Waals surface area contributed by atoms with Gasteiger partial charge in [-0.1, -0.05) is 18.2 Å². The summed E-state index contributed by atoms with van der Waals surface area (Å²) >= 11 is 0. The predicted molar refractivity (Wildman–Crippen MR) is 103 cm³/mol. The van der Waals surface area contributed by atoms with Crippen molar-refractivity contribution >= 4 is 23.3 Å². The van der Waals surface area contributed by atoms with Crippen molar-refractivity contribution < 1.29 is 14.0 Å². The van der Waals surface area contributed by atoms with Crippen LogP contribution in [0.1, 0.15) is 34.3 Å². The number of rotatable bonds is 2. The van der Waals surface area contributed by atoms with Gasteiger partial charge in [0.25, 0.3) is 5.91 Å². The molecule has 0 aliphatic carbocycles. The zero-order valence-electron chi connectivity index (χ0n) is 15.3. The van der Waals surface area contributed by atoms with Crippen LogP contribution < -0.4 is 10.2 Å². The van der Waals surface area contributed by atoms with Crippen LogP contribution in [0.15, 0.2) is 36.4 Å². The van der Waals surface area contributed by atoms with E-state index in [1.807, 2.05) is 24.0 Å². The number of hydrogen-bond acceptors (Lipinski definition) is 2. The minimum atomic E-state index is -0.343. The van der Waals surface area contributed by atoms with Gasteiger partial charge < -0.3 is 10.2 Å². The molecule has 1 saturated heterocycles. The van der Waals surface area contributed by atoms with Crippen molar-refractivity contribution in [2.24, 2.45) is 0 Å². The van der Waals surface area contributed by atoms with E-state index in [-0.39, 0.29) is 17.8 Å². The Morgan fingerprint density at radius 1 is 1.04 bits per heavy atom. The number of hydrogen-bond donors (Lipinski definition) is 1. The van der Waals surface area contributed by atoms with Gasteiger partial charge in [0.15, 0.2) is 0 Å². The van der Waals surface area contributed by atoms with Gasteiger partial charge in [-0.15, -0.1) is 0 Å². The first kappa shape index (κ1) is 17.5. The maximum atomic E-state index is 14.0. The van der Waals surface area contributed by atoms with Crippen molar-refractivity contribution in [2.75, 3.05) is 29.9 Å². The summed E-state index contributed by atoms with van der Waals surface area (Å²) in [5, 5.41) is 2.90. The summed E-state index contributed by atoms with van der Waals surface area (Å²) in [7, 11) is 0. The van der Waals surface area contributed by atoms with Crippen molar-refractivity contribution in [3.63, 3.8) is 0 Å². The van der Waals surface area contributed by atoms with Crippen LogP contribution in [0.2, 0.25) is 0 Å². The Morgan fingerprint density at radius 3 is 2.56 bits per heavy atom. The van der Waals surface area contributed by atoms with Crippen LogP contribution in [-0.4, -0.2) is 36.5 Å². The van der Waals surface area contributed by atoms with Gasteiger partial charge in [-0.3, -0.25) is 9.69 Å². The molecule has 3 amide bonds. The van der Waals surface area contributed by atoms with Crippen molar-refractivity contribution in [3.8, 4) is 0 Å². The molecule has 0 saturated carbocycles. The number of benzene rings is 2. The molecule has 140 valence electrons. The highest BCUT2D eigenvalue weighted by molar-refractivity contribution is 6.08. The number of likely N-dealkylation sites (tertiary alicyclic amines) is 1. The molecule has 6 heteroatoms. The van der Waals surface area contributed by atoms with E-state index in [0.29, 0.717) is 35.5 Å². The van der Waals surface area contributed by atoms with Crippen LogP contribution >= 0.6 is 0 Å². The molecule has 2 aromatic carbocycles. The maximum absolute atomic E-state index is 14.0. The third kappa shape index (κ3) is 3.16. The molecule has 4 rings (SSSR count). The first-order valence-corrected chi connectivity index (χ1v) is 9.31.